The van der Waals surface area contributed by atoms with Crippen molar-refractivity contribution in [1.29, 1.82) is 0 Å². The maximum atomic E-state index is 13.2. The summed E-state index contributed by atoms with van der Waals surface area (Å²) in [6.45, 7) is 4.14. The molecule has 1 aromatic rings. The molecule has 0 aliphatic carbocycles. The highest BCUT2D eigenvalue weighted by molar-refractivity contribution is 7.54. The fourth-order valence-electron chi connectivity index (χ4n) is 2.31. The minimum atomic E-state index is -2.99. The van der Waals surface area contributed by atoms with E-state index in [1.165, 1.54) is 0 Å². The monoisotopic (exact) mass is 394 g/mol. The fourth-order valence-corrected chi connectivity index (χ4v) is 5.30. The maximum Gasteiger partial charge on any atom is 0.346 e. The molecule has 8 heteroatoms. The zero-order valence-electron chi connectivity index (χ0n) is 13.8. The highest BCUT2D eigenvalue weighted by atomic mass is 35.5. The molecule has 0 N–H and O–H groups in total. The van der Waals surface area contributed by atoms with Crippen LogP contribution in [0.2, 0.25) is 0 Å². The van der Waals surface area contributed by atoms with Gasteiger partial charge >= 0.3 is 7.67 Å². The molecule has 1 aromatic carbocycles. The summed E-state index contributed by atoms with van der Waals surface area (Å²) in [4.78, 5) is 0. The molecule has 1 aliphatic rings. The van der Waals surface area contributed by atoms with Crippen LogP contribution in [0, 0.1) is 0 Å². The van der Waals surface area contributed by atoms with E-state index in [1.807, 2.05) is 35.0 Å². The fraction of sp³-hybridized carbons (Fsp3) is 0.625. The normalized spacial score (nSPS) is 17.1. The van der Waals surface area contributed by atoms with Crippen molar-refractivity contribution in [3.63, 3.8) is 0 Å². The molecule has 5 nitrogen and oxygen atoms in total. The maximum absolute atomic E-state index is 13.2. The number of hydrogen-bond acceptors (Lipinski definition) is 3. The minimum Gasteiger partial charge on any atom is -0.377 e. The van der Waals surface area contributed by atoms with Crippen molar-refractivity contribution in [2.75, 3.05) is 51.2 Å². The first kappa shape index (κ1) is 20.2. The summed E-state index contributed by atoms with van der Waals surface area (Å²) in [5.74, 6) is 0.802. The van der Waals surface area contributed by atoms with Crippen LogP contribution in [0.25, 0.3) is 0 Å². The smallest absolute Gasteiger partial charge is 0.346 e. The molecular formula is C16H25Cl2N2O3P. The lowest BCUT2D eigenvalue weighted by Crippen LogP contribution is -2.29. The minimum absolute atomic E-state index is 0.392. The molecule has 2 rings (SSSR count). The largest absolute Gasteiger partial charge is 0.377 e. The van der Waals surface area contributed by atoms with Gasteiger partial charge in [0, 0.05) is 44.5 Å². The van der Waals surface area contributed by atoms with Gasteiger partial charge in [0.25, 0.3) is 0 Å². The summed E-state index contributed by atoms with van der Waals surface area (Å²) in [5, 5.41) is 0. The van der Waals surface area contributed by atoms with Gasteiger partial charge in [0.1, 0.15) is 0 Å². The molecule has 1 saturated heterocycles. The summed E-state index contributed by atoms with van der Waals surface area (Å²) >= 11 is 11.6. The van der Waals surface area contributed by atoms with Gasteiger partial charge in [-0.15, -0.1) is 23.2 Å². The first-order chi connectivity index (χ1) is 11.7. The van der Waals surface area contributed by atoms with Gasteiger partial charge < -0.3 is 9.26 Å². The van der Waals surface area contributed by atoms with Gasteiger partial charge in [0.05, 0.1) is 13.2 Å². The van der Waals surface area contributed by atoms with Crippen LogP contribution in [-0.2, 0) is 20.4 Å². The van der Waals surface area contributed by atoms with E-state index in [2.05, 4.69) is 0 Å². The molecule has 1 atom stereocenters. The molecular weight excluding hydrogens is 370 g/mol. The highest BCUT2D eigenvalue weighted by Gasteiger charge is 2.44. The van der Waals surface area contributed by atoms with E-state index in [-0.39, 0.29) is 0 Å². The molecule has 24 heavy (non-hydrogen) atoms. The molecule has 0 radical (unpaired) electrons. The summed E-state index contributed by atoms with van der Waals surface area (Å²) in [7, 11) is -2.99. The van der Waals surface area contributed by atoms with Gasteiger partial charge in [0.2, 0.25) is 0 Å². The van der Waals surface area contributed by atoms with Gasteiger partial charge in [-0.3, -0.25) is 4.57 Å². The van der Waals surface area contributed by atoms with E-state index in [4.69, 9.17) is 32.5 Å². The number of alkyl halides is 2. The van der Waals surface area contributed by atoms with E-state index in [0.717, 1.165) is 18.7 Å². The Morgan fingerprint density at radius 3 is 2.33 bits per heavy atom. The molecule has 0 spiro atoms. The summed E-state index contributed by atoms with van der Waals surface area (Å²) in [5.41, 5.74) is 1.14. The molecule has 0 amide bonds. The lowest BCUT2D eigenvalue weighted by atomic mass is 10.2. The van der Waals surface area contributed by atoms with Crippen molar-refractivity contribution in [2.24, 2.45) is 0 Å². The molecule has 0 saturated carbocycles. The van der Waals surface area contributed by atoms with Crippen LogP contribution in [0.1, 0.15) is 12.0 Å². The van der Waals surface area contributed by atoms with E-state index < -0.39 is 7.67 Å². The Kier molecular flexibility index (Phi) is 9.06. The number of rotatable bonds is 13. The SMILES string of the molecule is O=P(OCCCOCc1ccccc1)(N(CCCl)CCCl)N1CC1. The van der Waals surface area contributed by atoms with Crippen molar-refractivity contribution in [3.8, 4) is 0 Å². The van der Waals surface area contributed by atoms with Crippen molar-refractivity contribution in [1.82, 2.24) is 9.34 Å². The molecule has 0 bridgehead atoms. The van der Waals surface area contributed by atoms with E-state index in [9.17, 15) is 4.57 Å². The lowest BCUT2D eigenvalue weighted by Gasteiger charge is -2.30. The average molecular weight is 395 g/mol. The molecule has 1 fully saturated rings. The van der Waals surface area contributed by atoms with E-state index >= 15 is 0 Å². The first-order valence-electron chi connectivity index (χ1n) is 8.19. The Morgan fingerprint density at radius 1 is 1.08 bits per heavy atom. The molecule has 1 unspecified atom stereocenters. The Labute approximate surface area is 154 Å². The highest BCUT2D eigenvalue weighted by Crippen LogP contribution is 2.57. The van der Waals surface area contributed by atoms with Crippen molar-refractivity contribution in [2.45, 2.75) is 13.0 Å². The van der Waals surface area contributed by atoms with Crippen LogP contribution in [0.3, 0.4) is 0 Å². The molecule has 0 aromatic heterocycles. The second-order valence-corrected chi connectivity index (χ2v) is 8.63. The number of halogens is 2. The van der Waals surface area contributed by atoms with Gasteiger partial charge in [-0.1, -0.05) is 30.3 Å². The third-order valence-corrected chi connectivity index (χ3v) is 6.71. The second-order valence-electron chi connectivity index (χ2n) is 5.50. The molecule has 136 valence electrons. The summed E-state index contributed by atoms with van der Waals surface area (Å²) in [6, 6.07) is 10.0. The Hall–Kier alpha value is -0.130. The topological polar surface area (TPSA) is 41.8 Å². The van der Waals surface area contributed by atoms with E-state index in [1.54, 1.807) is 4.67 Å². The van der Waals surface area contributed by atoms with Gasteiger partial charge in [-0.25, -0.2) is 9.34 Å². The van der Waals surface area contributed by atoms with Crippen LogP contribution in [-0.4, -0.2) is 60.5 Å². The first-order valence-corrected chi connectivity index (χ1v) is 10.8. The number of nitrogens with zero attached hydrogens (tertiary/aromatic N) is 2. The van der Waals surface area contributed by atoms with Crippen LogP contribution in [0.4, 0.5) is 0 Å². The number of ether oxygens (including phenoxy) is 1. The quantitative estimate of drug-likeness (QED) is 0.220. The van der Waals surface area contributed by atoms with Crippen molar-refractivity contribution >= 4 is 30.9 Å². The zero-order chi connectivity index (χ0) is 17.3. The van der Waals surface area contributed by atoms with Crippen LogP contribution < -0.4 is 0 Å². The Morgan fingerprint density at radius 2 is 1.75 bits per heavy atom. The zero-order valence-corrected chi connectivity index (χ0v) is 16.2. The van der Waals surface area contributed by atoms with Crippen molar-refractivity contribution < 1.29 is 13.8 Å². The van der Waals surface area contributed by atoms with Crippen molar-refractivity contribution in [3.05, 3.63) is 35.9 Å². The number of benzene rings is 1. The predicted molar refractivity (Wildman–Crippen MR) is 98.9 cm³/mol. The van der Waals surface area contributed by atoms with Gasteiger partial charge in [-0.05, 0) is 12.0 Å². The van der Waals surface area contributed by atoms with Crippen LogP contribution >= 0.6 is 30.9 Å². The molecule has 1 heterocycles. The predicted octanol–water partition coefficient (Wildman–Crippen LogP) is 3.81. The van der Waals surface area contributed by atoms with Gasteiger partial charge in [-0.2, -0.15) is 0 Å². The van der Waals surface area contributed by atoms with Crippen LogP contribution in [0.5, 0.6) is 0 Å². The number of hydrogen-bond donors (Lipinski definition) is 0. The second kappa shape index (κ2) is 10.8. The summed E-state index contributed by atoms with van der Waals surface area (Å²) in [6.07, 6.45) is 0.695. The van der Waals surface area contributed by atoms with Gasteiger partial charge in [0.15, 0.2) is 0 Å². The molecule has 1 aliphatic heterocycles. The lowest BCUT2D eigenvalue weighted by molar-refractivity contribution is 0.105. The third-order valence-electron chi connectivity index (χ3n) is 3.63. The van der Waals surface area contributed by atoms with E-state index in [0.29, 0.717) is 51.1 Å². The third kappa shape index (κ3) is 6.30. The Balaban J connectivity index is 1.72. The average Bonchev–Trinajstić information content (AvgIpc) is 3.44. The summed E-state index contributed by atoms with van der Waals surface area (Å²) < 4.78 is 28.2. The standard InChI is InChI=1S/C16H25Cl2N2O3P/c17-7-9-19(10-8-18)24(21,20-11-12-20)23-14-4-13-22-15-16-5-2-1-3-6-16/h1-3,5-6H,4,7-15H2. The Bertz CT molecular complexity index is 511. The van der Waals surface area contributed by atoms with Crippen LogP contribution in [0.15, 0.2) is 30.3 Å².